The number of nitrogens with one attached hydrogen (secondary N) is 1. The number of hydrogen-bond donors (Lipinski definition) is 2. The van der Waals surface area contributed by atoms with Crippen molar-refractivity contribution in [2.75, 3.05) is 25.0 Å². The molecule has 0 aliphatic carbocycles. The molecule has 1 aliphatic heterocycles. The largest absolute Gasteiger partial charge is 0.388 e. The Bertz CT molecular complexity index is 483. The molecule has 102 valence electrons. The molecule has 0 saturated carbocycles. The van der Waals surface area contributed by atoms with Crippen molar-refractivity contribution in [1.29, 1.82) is 0 Å². The van der Waals surface area contributed by atoms with E-state index in [0.29, 0.717) is 10.7 Å². The monoisotopic (exact) mass is 278 g/mol. The third-order valence-corrected chi connectivity index (χ3v) is 3.63. The van der Waals surface area contributed by atoms with Crippen LogP contribution in [0.5, 0.6) is 0 Å². The first kappa shape index (κ1) is 13.7. The van der Waals surface area contributed by atoms with Crippen molar-refractivity contribution in [3.63, 3.8) is 0 Å². The first-order valence-electron chi connectivity index (χ1n) is 6.35. The molecule has 1 aromatic rings. The molecule has 2 rings (SSSR count). The highest BCUT2D eigenvalue weighted by atomic mass is 32.1. The zero-order valence-corrected chi connectivity index (χ0v) is 11.7. The van der Waals surface area contributed by atoms with E-state index in [0.717, 1.165) is 31.7 Å². The quantitative estimate of drug-likeness (QED) is 0.796. The minimum atomic E-state index is 0.111. The highest BCUT2D eigenvalue weighted by Gasteiger charge is 2.24. The maximum atomic E-state index is 11.6. The molecule has 0 atom stereocenters. The fourth-order valence-electron chi connectivity index (χ4n) is 2.31. The van der Waals surface area contributed by atoms with Crippen LogP contribution in [0.2, 0.25) is 0 Å². The lowest BCUT2D eigenvalue weighted by atomic mass is 9.96. The topological polar surface area (TPSA) is 71.2 Å². The summed E-state index contributed by atoms with van der Waals surface area (Å²) in [6, 6.07) is 5.66. The second-order valence-corrected chi connectivity index (χ2v) is 5.06. The van der Waals surface area contributed by atoms with E-state index in [-0.39, 0.29) is 11.8 Å². The lowest BCUT2D eigenvalue weighted by molar-refractivity contribution is -0.125. The average Bonchev–Trinajstić information content (AvgIpc) is 2.46. The van der Waals surface area contributed by atoms with Crippen molar-refractivity contribution >= 4 is 28.9 Å². The van der Waals surface area contributed by atoms with Crippen molar-refractivity contribution < 1.29 is 4.79 Å². The minimum absolute atomic E-state index is 0.111. The molecule has 1 aromatic heterocycles. The van der Waals surface area contributed by atoms with Crippen LogP contribution in [0.3, 0.4) is 0 Å². The van der Waals surface area contributed by atoms with Crippen LogP contribution in [0.25, 0.3) is 0 Å². The van der Waals surface area contributed by atoms with E-state index >= 15 is 0 Å². The molecule has 0 bridgehead atoms. The first-order chi connectivity index (χ1) is 9.11. The lowest BCUT2D eigenvalue weighted by Crippen LogP contribution is -2.40. The summed E-state index contributed by atoms with van der Waals surface area (Å²) in [4.78, 5) is 18.5. The second kappa shape index (κ2) is 5.97. The molecule has 0 radical (unpaired) electrons. The molecule has 0 spiro atoms. The Kier molecular flexibility index (Phi) is 4.31. The third-order valence-electron chi connectivity index (χ3n) is 3.42. The molecule has 1 fully saturated rings. The number of aromatic nitrogens is 1. The molecule has 3 N–H and O–H groups in total. The van der Waals surface area contributed by atoms with Gasteiger partial charge in [-0.3, -0.25) is 4.79 Å². The van der Waals surface area contributed by atoms with Gasteiger partial charge < -0.3 is 16.0 Å². The summed E-state index contributed by atoms with van der Waals surface area (Å²) < 4.78 is 0. The number of pyridine rings is 1. The van der Waals surface area contributed by atoms with Gasteiger partial charge in [0.1, 0.15) is 10.8 Å². The number of nitrogens with two attached hydrogens (primary N) is 1. The van der Waals surface area contributed by atoms with E-state index in [9.17, 15) is 4.79 Å². The number of thiocarbonyl (C=S) groups is 1. The SMILES string of the molecule is CNC(=O)C1CCN(c2cccc(C(N)=S)n2)CC1. The predicted molar refractivity (Wildman–Crippen MR) is 79.1 cm³/mol. The summed E-state index contributed by atoms with van der Waals surface area (Å²) in [5.74, 6) is 1.12. The van der Waals surface area contributed by atoms with Crippen LogP contribution in [0, 0.1) is 5.92 Å². The van der Waals surface area contributed by atoms with Gasteiger partial charge in [-0.15, -0.1) is 0 Å². The zero-order valence-electron chi connectivity index (χ0n) is 10.9. The van der Waals surface area contributed by atoms with Gasteiger partial charge in [-0.1, -0.05) is 18.3 Å². The fraction of sp³-hybridized carbons (Fsp3) is 0.462. The van der Waals surface area contributed by atoms with Gasteiger partial charge in [0.2, 0.25) is 5.91 Å². The van der Waals surface area contributed by atoms with Gasteiger partial charge in [-0.25, -0.2) is 4.98 Å². The van der Waals surface area contributed by atoms with Crippen LogP contribution >= 0.6 is 12.2 Å². The highest BCUT2D eigenvalue weighted by Crippen LogP contribution is 2.22. The second-order valence-electron chi connectivity index (χ2n) is 4.62. The summed E-state index contributed by atoms with van der Waals surface area (Å²) in [5.41, 5.74) is 6.23. The molecular weight excluding hydrogens is 260 g/mol. The van der Waals surface area contributed by atoms with E-state index < -0.39 is 0 Å². The Morgan fingerprint density at radius 1 is 1.47 bits per heavy atom. The Hall–Kier alpha value is -1.69. The van der Waals surface area contributed by atoms with Crippen LogP contribution < -0.4 is 16.0 Å². The number of piperidine rings is 1. The molecule has 5 nitrogen and oxygen atoms in total. The Morgan fingerprint density at radius 3 is 2.74 bits per heavy atom. The van der Waals surface area contributed by atoms with Crippen molar-refractivity contribution in [2.24, 2.45) is 11.7 Å². The molecule has 1 amide bonds. The molecular formula is C13H18N4OS. The Labute approximate surface area is 118 Å². The van der Waals surface area contributed by atoms with Gasteiger partial charge in [-0.05, 0) is 25.0 Å². The zero-order chi connectivity index (χ0) is 13.8. The molecule has 19 heavy (non-hydrogen) atoms. The fourth-order valence-corrected chi connectivity index (χ4v) is 2.43. The van der Waals surface area contributed by atoms with Crippen molar-refractivity contribution in [3.8, 4) is 0 Å². The Balaban J connectivity index is 2.03. The van der Waals surface area contributed by atoms with Crippen LogP contribution in [-0.4, -0.2) is 36.0 Å². The normalized spacial score (nSPS) is 16.2. The van der Waals surface area contributed by atoms with Gasteiger partial charge >= 0.3 is 0 Å². The van der Waals surface area contributed by atoms with Crippen molar-refractivity contribution in [2.45, 2.75) is 12.8 Å². The van der Waals surface area contributed by atoms with E-state index in [2.05, 4.69) is 15.2 Å². The molecule has 0 aromatic carbocycles. The lowest BCUT2D eigenvalue weighted by Gasteiger charge is -2.32. The number of carbonyl (C=O) groups excluding carboxylic acids is 1. The third kappa shape index (κ3) is 3.20. The summed E-state index contributed by atoms with van der Waals surface area (Å²) >= 11 is 4.94. The van der Waals surface area contributed by atoms with E-state index in [1.165, 1.54) is 0 Å². The van der Waals surface area contributed by atoms with E-state index in [4.69, 9.17) is 18.0 Å². The van der Waals surface area contributed by atoms with Crippen LogP contribution in [0.15, 0.2) is 18.2 Å². The number of carbonyl (C=O) groups is 1. The molecule has 6 heteroatoms. The van der Waals surface area contributed by atoms with Gasteiger partial charge in [0.15, 0.2) is 0 Å². The van der Waals surface area contributed by atoms with Crippen LogP contribution in [0.4, 0.5) is 5.82 Å². The van der Waals surface area contributed by atoms with Crippen molar-refractivity contribution in [3.05, 3.63) is 23.9 Å². The maximum absolute atomic E-state index is 11.6. The summed E-state index contributed by atoms with van der Waals surface area (Å²) in [6.07, 6.45) is 1.69. The smallest absolute Gasteiger partial charge is 0.222 e. The number of rotatable bonds is 3. The molecule has 2 heterocycles. The number of hydrogen-bond acceptors (Lipinski definition) is 4. The highest BCUT2D eigenvalue weighted by molar-refractivity contribution is 7.80. The standard InChI is InChI=1S/C13H18N4OS/c1-15-13(18)9-5-7-17(8-6-9)11-4-2-3-10(16-11)12(14)19/h2-4,9H,5-8H2,1H3,(H2,14,19)(H,15,18). The number of anilines is 1. The summed E-state index contributed by atoms with van der Waals surface area (Å²) in [7, 11) is 1.68. The van der Waals surface area contributed by atoms with E-state index in [1.54, 1.807) is 7.05 Å². The van der Waals surface area contributed by atoms with E-state index in [1.807, 2.05) is 18.2 Å². The average molecular weight is 278 g/mol. The summed E-state index contributed by atoms with van der Waals surface area (Å²) in [6.45, 7) is 1.65. The Morgan fingerprint density at radius 2 is 2.16 bits per heavy atom. The first-order valence-corrected chi connectivity index (χ1v) is 6.76. The minimum Gasteiger partial charge on any atom is -0.388 e. The van der Waals surface area contributed by atoms with Crippen LogP contribution in [-0.2, 0) is 4.79 Å². The van der Waals surface area contributed by atoms with Gasteiger partial charge in [0, 0.05) is 26.1 Å². The predicted octanol–water partition coefficient (Wildman–Crippen LogP) is 0.678. The van der Waals surface area contributed by atoms with Gasteiger partial charge in [0.05, 0.1) is 5.69 Å². The van der Waals surface area contributed by atoms with Gasteiger partial charge in [0.25, 0.3) is 0 Å². The van der Waals surface area contributed by atoms with Gasteiger partial charge in [-0.2, -0.15) is 0 Å². The number of nitrogens with zero attached hydrogens (tertiary/aromatic N) is 2. The summed E-state index contributed by atoms with van der Waals surface area (Å²) in [5, 5.41) is 2.71. The van der Waals surface area contributed by atoms with Crippen LogP contribution in [0.1, 0.15) is 18.5 Å². The number of amides is 1. The molecule has 1 aliphatic rings. The maximum Gasteiger partial charge on any atom is 0.222 e. The molecule has 1 saturated heterocycles. The molecule has 0 unspecified atom stereocenters. The van der Waals surface area contributed by atoms with Crippen molar-refractivity contribution in [1.82, 2.24) is 10.3 Å².